The maximum Gasteiger partial charge on any atom is 0.122 e. The predicted octanol–water partition coefficient (Wildman–Crippen LogP) is 1.23. The summed E-state index contributed by atoms with van der Waals surface area (Å²) in [6.07, 6.45) is 7.58. The number of piperidine rings is 1. The summed E-state index contributed by atoms with van der Waals surface area (Å²) in [5.74, 6) is 1.17. The summed E-state index contributed by atoms with van der Waals surface area (Å²) in [6, 6.07) is 0. The molecule has 0 amide bonds. The first-order valence-electron chi connectivity index (χ1n) is 7.37. The van der Waals surface area contributed by atoms with E-state index in [0.29, 0.717) is 6.10 Å². The Kier molecular flexibility index (Phi) is 5.82. The summed E-state index contributed by atoms with van der Waals surface area (Å²) >= 11 is 0. The monoisotopic (exact) mass is 266 g/mol. The van der Waals surface area contributed by atoms with Crippen molar-refractivity contribution < 1.29 is 4.74 Å². The molecule has 19 heavy (non-hydrogen) atoms. The van der Waals surface area contributed by atoms with Crippen LogP contribution in [0.5, 0.6) is 0 Å². The molecule has 1 saturated heterocycles. The fourth-order valence-electron chi connectivity index (χ4n) is 2.55. The quantitative estimate of drug-likeness (QED) is 0.754. The van der Waals surface area contributed by atoms with Crippen molar-refractivity contribution in [1.82, 2.24) is 14.5 Å². The average molecular weight is 266 g/mol. The second-order valence-corrected chi connectivity index (χ2v) is 5.12. The lowest BCUT2D eigenvalue weighted by Gasteiger charge is -2.31. The summed E-state index contributed by atoms with van der Waals surface area (Å²) < 4.78 is 8.04. The highest BCUT2D eigenvalue weighted by Gasteiger charge is 2.20. The predicted molar refractivity (Wildman–Crippen MR) is 75.8 cm³/mol. The molecule has 0 saturated carbocycles. The van der Waals surface area contributed by atoms with Crippen LogP contribution in [0, 0.1) is 0 Å². The maximum atomic E-state index is 5.82. The van der Waals surface area contributed by atoms with Gasteiger partial charge in [0.15, 0.2) is 0 Å². The number of aryl methyl sites for hydroxylation is 1. The third kappa shape index (κ3) is 4.30. The van der Waals surface area contributed by atoms with E-state index in [0.717, 1.165) is 58.6 Å². The highest BCUT2D eigenvalue weighted by molar-refractivity contribution is 4.92. The smallest absolute Gasteiger partial charge is 0.122 e. The van der Waals surface area contributed by atoms with Crippen LogP contribution in [-0.4, -0.2) is 46.8 Å². The normalized spacial score (nSPS) is 18.0. The molecular weight excluding hydrogens is 240 g/mol. The van der Waals surface area contributed by atoms with Gasteiger partial charge in [-0.05, 0) is 32.7 Å². The molecule has 2 heterocycles. The fraction of sp³-hybridized carbons (Fsp3) is 0.786. The topological polar surface area (TPSA) is 56.3 Å². The van der Waals surface area contributed by atoms with Crippen molar-refractivity contribution in [2.45, 2.75) is 45.4 Å². The number of nitrogens with zero attached hydrogens (tertiary/aromatic N) is 3. The van der Waals surface area contributed by atoms with E-state index in [-0.39, 0.29) is 0 Å². The van der Waals surface area contributed by atoms with E-state index in [1.165, 1.54) is 5.82 Å². The van der Waals surface area contributed by atoms with Crippen LogP contribution < -0.4 is 5.73 Å². The van der Waals surface area contributed by atoms with Gasteiger partial charge in [0.1, 0.15) is 5.82 Å². The average Bonchev–Trinajstić information content (AvgIpc) is 2.88. The molecule has 0 atom stereocenters. The summed E-state index contributed by atoms with van der Waals surface area (Å²) in [7, 11) is 0. The lowest BCUT2D eigenvalue weighted by atomic mass is 10.1. The van der Waals surface area contributed by atoms with Gasteiger partial charge in [-0.15, -0.1) is 0 Å². The third-order valence-corrected chi connectivity index (χ3v) is 3.74. The van der Waals surface area contributed by atoms with Crippen LogP contribution >= 0.6 is 0 Å². The number of aromatic nitrogens is 2. The Morgan fingerprint density at radius 2 is 2.21 bits per heavy atom. The van der Waals surface area contributed by atoms with Crippen molar-refractivity contribution in [3.05, 3.63) is 18.2 Å². The van der Waals surface area contributed by atoms with Crippen molar-refractivity contribution in [1.29, 1.82) is 0 Å². The molecule has 5 nitrogen and oxygen atoms in total. The summed E-state index contributed by atoms with van der Waals surface area (Å²) in [4.78, 5) is 6.91. The van der Waals surface area contributed by atoms with Crippen molar-refractivity contribution in [3.63, 3.8) is 0 Å². The van der Waals surface area contributed by atoms with Gasteiger partial charge in [-0.3, -0.25) is 4.90 Å². The van der Waals surface area contributed by atoms with E-state index in [9.17, 15) is 0 Å². The second kappa shape index (κ2) is 7.62. The van der Waals surface area contributed by atoms with Crippen molar-refractivity contribution in [2.75, 3.05) is 26.2 Å². The van der Waals surface area contributed by atoms with Crippen LogP contribution in [0.1, 0.15) is 32.0 Å². The zero-order chi connectivity index (χ0) is 13.5. The number of hydrogen-bond donors (Lipinski definition) is 1. The molecule has 0 aromatic carbocycles. The first-order valence-corrected chi connectivity index (χ1v) is 7.37. The molecule has 0 unspecified atom stereocenters. The van der Waals surface area contributed by atoms with Gasteiger partial charge in [0.05, 0.1) is 12.6 Å². The van der Waals surface area contributed by atoms with Crippen molar-refractivity contribution in [2.24, 2.45) is 5.73 Å². The molecule has 2 N–H and O–H groups in total. The largest absolute Gasteiger partial charge is 0.378 e. The maximum absolute atomic E-state index is 5.82. The molecule has 0 spiro atoms. The van der Waals surface area contributed by atoms with Gasteiger partial charge >= 0.3 is 0 Å². The Balaban J connectivity index is 1.71. The van der Waals surface area contributed by atoms with Crippen LogP contribution in [0.3, 0.4) is 0 Å². The molecule has 5 heteroatoms. The number of hydrogen-bond acceptors (Lipinski definition) is 4. The second-order valence-electron chi connectivity index (χ2n) is 5.12. The van der Waals surface area contributed by atoms with Gasteiger partial charge < -0.3 is 15.0 Å². The molecular formula is C14H26N4O. The van der Waals surface area contributed by atoms with Crippen LogP contribution in [0.4, 0.5) is 0 Å². The number of imidazole rings is 1. The molecule has 1 fully saturated rings. The van der Waals surface area contributed by atoms with Crippen molar-refractivity contribution in [3.8, 4) is 0 Å². The van der Waals surface area contributed by atoms with Gasteiger partial charge in [-0.1, -0.05) is 0 Å². The molecule has 0 bridgehead atoms. The summed E-state index contributed by atoms with van der Waals surface area (Å²) in [6.45, 7) is 7.83. The third-order valence-electron chi connectivity index (χ3n) is 3.74. The number of likely N-dealkylation sites (tertiary alicyclic amines) is 1. The SMILES string of the molecule is CCn1ccnc1CN1CCC(OCCCN)CC1. The van der Waals surface area contributed by atoms with Gasteiger partial charge in [-0.25, -0.2) is 4.98 Å². The van der Waals surface area contributed by atoms with E-state index in [4.69, 9.17) is 10.5 Å². The fourth-order valence-corrected chi connectivity index (χ4v) is 2.55. The highest BCUT2D eigenvalue weighted by atomic mass is 16.5. The Bertz CT molecular complexity index is 358. The summed E-state index contributed by atoms with van der Waals surface area (Å²) in [5.41, 5.74) is 5.47. The highest BCUT2D eigenvalue weighted by Crippen LogP contribution is 2.16. The van der Waals surface area contributed by atoms with Gasteiger partial charge in [0.25, 0.3) is 0 Å². The van der Waals surface area contributed by atoms with Gasteiger partial charge in [0, 0.05) is 38.6 Å². The van der Waals surface area contributed by atoms with Gasteiger partial charge in [0.2, 0.25) is 0 Å². The number of nitrogens with two attached hydrogens (primary N) is 1. The van der Waals surface area contributed by atoms with Crippen LogP contribution in [0.2, 0.25) is 0 Å². The molecule has 1 aromatic heterocycles. The number of rotatable bonds is 7. The molecule has 0 radical (unpaired) electrons. The first-order chi connectivity index (χ1) is 9.33. The van der Waals surface area contributed by atoms with Gasteiger partial charge in [-0.2, -0.15) is 0 Å². The zero-order valence-corrected chi connectivity index (χ0v) is 11.9. The van der Waals surface area contributed by atoms with E-state index in [1.807, 2.05) is 6.20 Å². The van der Waals surface area contributed by atoms with Crippen LogP contribution in [0.25, 0.3) is 0 Å². The lowest BCUT2D eigenvalue weighted by molar-refractivity contribution is 0.00498. The van der Waals surface area contributed by atoms with Crippen LogP contribution in [0.15, 0.2) is 12.4 Å². The molecule has 1 aromatic rings. The molecule has 1 aliphatic rings. The van der Waals surface area contributed by atoms with E-state index < -0.39 is 0 Å². The lowest BCUT2D eigenvalue weighted by Crippen LogP contribution is -2.37. The molecule has 2 rings (SSSR count). The first kappa shape index (κ1) is 14.5. The molecule has 1 aliphatic heterocycles. The number of ether oxygens (including phenoxy) is 1. The Morgan fingerprint density at radius 1 is 1.42 bits per heavy atom. The Hall–Kier alpha value is -0.910. The standard InChI is InChI=1S/C14H26N4O/c1-2-18-10-7-16-14(18)12-17-8-4-13(5-9-17)19-11-3-6-15/h7,10,13H,2-6,8-9,11-12,15H2,1H3. The van der Waals surface area contributed by atoms with E-state index >= 15 is 0 Å². The molecule has 108 valence electrons. The minimum Gasteiger partial charge on any atom is -0.378 e. The van der Waals surface area contributed by atoms with Crippen molar-refractivity contribution >= 4 is 0 Å². The zero-order valence-electron chi connectivity index (χ0n) is 11.9. The summed E-state index contributed by atoms with van der Waals surface area (Å²) in [5, 5.41) is 0. The minimum absolute atomic E-state index is 0.425. The molecule has 0 aliphatic carbocycles. The van der Waals surface area contributed by atoms with E-state index in [2.05, 4.69) is 27.6 Å². The van der Waals surface area contributed by atoms with Crippen LogP contribution in [-0.2, 0) is 17.8 Å². The Morgan fingerprint density at radius 3 is 2.89 bits per heavy atom. The minimum atomic E-state index is 0.425. The van der Waals surface area contributed by atoms with E-state index in [1.54, 1.807) is 0 Å². The Labute approximate surface area is 115 Å².